The van der Waals surface area contributed by atoms with Gasteiger partial charge in [-0.15, -0.1) is 0 Å². The Balaban J connectivity index is 3.04. The maximum absolute atomic E-state index is 12.6. The maximum Gasteiger partial charge on any atom is 0.418 e. The number of carbonyl (C=O) groups excluding carboxylic acids is 1. The highest BCUT2D eigenvalue weighted by Crippen LogP contribution is 2.32. The first-order valence-corrected chi connectivity index (χ1v) is 5.17. The zero-order valence-electron chi connectivity index (χ0n) is 9.93. The van der Waals surface area contributed by atoms with Gasteiger partial charge in [0.1, 0.15) is 5.78 Å². The Morgan fingerprint density at radius 1 is 1.29 bits per heavy atom. The van der Waals surface area contributed by atoms with E-state index < -0.39 is 17.2 Å². The van der Waals surface area contributed by atoms with Crippen LogP contribution in [-0.2, 0) is 17.4 Å². The molecule has 0 amide bonds. The van der Waals surface area contributed by atoms with Crippen molar-refractivity contribution in [3.05, 3.63) is 29.6 Å². The van der Waals surface area contributed by atoms with E-state index in [1.54, 1.807) is 20.8 Å². The summed E-state index contributed by atoms with van der Waals surface area (Å²) in [4.78, 5) is 15.4. The Labute approximate surface area is 97.9 Å². The van der Waals surface area contributed by atoms with Gasteiger partial charge in [-0.05, 0) is 12.1 Å². The van der Waals surface area contributed by atoms with Crippen LogP contribution in [0.15, 0.2) is 18.3 Å². The molecule has 5 heteroatoms. The fraction of sp³-hybridized carbons (Fsp3) is 0.500. The molecule has 1 aromatic heterocycles. The molecule has 0 saturated carbocycles. The van der Waals surface area contributed by atoms with E-state index in [1.165, 1.54) is 12.3 Å². The van der Waals surface area contributed by atoms with Gasteiger partial charge < -0.3 is 0 Å². The van der Waals surface area contributed by atoms with Gasteiger partial charge in [-0.2, -0.15) is 13.2 Å². The second kappa shape index (κ2) is 4.47. The molecule has 0 aromatic carbocycles. The zero-order valence-corrected chi connectivity index (χ0v) is 9.93. The van der Waals surface area contributed by atoms with Gasteiger partial charge in [0.15, 0.2) is 0 Å². The van der Waals surface area contributed by atoms with E-state index in [-0.39, 0.29) is 17.9 Å². The molecule has 0 atom stereocenters. The SMILES string of the molecule is CC(C)(C)C(=O)Cc1ncccc1C(F)(F)F. The second-order valence-electron chi connectivity index (χ2n) is 4.85. The van der Waals surface area contributed by atoms with Crippen LogP contribution in [0.3, 0.4) is 0 Å². The Hall–Kier alpha value is -1.39. The summed E-state index contributed by atoms with van der Waals surface area (Å²) in [5.74, 6) is -0.262. The molecule has 0 aliphatic rings. The first-order chi connectivity index (χ1) is 7.62. The van der Waals surface area contributed by atoms with Crippen LogP contribution in [0, 0.1) is 5.41 Å². The van der Waals surface area contributed by atoms with Crippen LogP contribution in [0.4, 0.5) is 13.2 Å². The summed E-state index contributed by atoms with van der Waals surface area (Å²) in [6.07, 6.45) is -3.50. The number of aromatic nitrogens is 1. The van der Waals surface area contributed by atoms with E-state index in [0.717, 1.165) is 6.07 Å². The number of pyridine rings is 1. The third kappa shape index (κ3) is 3.54. The van der Waals surface area contributed by atoms with E-state index in [0.29, 0.717) is 0 Å². The van der Waals surface area contributed by atoms with Crippen LogP contribution in [0.1, 0.15) is 32.0 Å². The molecule has 0 radical (unpaired) electrons. The summed E-state index contributed by atoms with van der Waals surface area (Å²) < 4.78 is 37.9. The lowest BCUT2D eigenvalue weighted by molar-refractivity contribution is -0.138. The molecule has 0 aliphatic carbocycles. The van der Waals surface area contributed by atoms with E-state index >= 15 is 0 Å². The number of alkyl halides is 3. The number of ketones is 1. The molecule has 0 N–H and O–H groups in total. The summed E-state index contributed by atoms with van der Waals surface area (Å²) in [5, 5.41) is 0. The number of rotatable bonds is 2. The Morgan fingerprint density at radius 3 is 2.35 bits per heavy atom. The van der Waals surface area contributed by atoms with Crippen LogP contribution in [-0.4, -0.2) is 10.8 Å². The quantitative estimate of drug-likeness (QED) is 0.800. The van der Waals surface area contributed by atoms with Gasteiger partial charge in [0, 0.05) is 18.0 Å². The normalized spacial score (nSPS) is 12.6. The molecule has 0 aliphatic heterocycles. The highest BCUT2D eigenvalue weighted by Gasteiger charge is 2.35. The van der Waals surface area contributed by atoms with Crippen LogP contribution >= 0.6 is 0 Å². The molecule has 0 fully saturated rings. The van der Waals surface area contributed by atoms with E-state index in [4.69, 9.17) is 0 Å². The lowest BCUT2D eigenvalue weighted by Gasteiger charge is -2.18. The average molecular weight is 245 g/mol. The minimum Gasteiger partial charge on any atom is -0.299 e. The fourth-order valence-electron chi connectivity index (χ4n) is 1.25. The second-order valence-corrected chi connectivity index (χ2v) is 4.85. The summed E-state index contributed by atoms with van der Waals surface area (Å²) in [7, 11) is 0. The van der Waals surface area contributed by atoms with E-state index in [1.807, 2.05) is 0 Å². The average Bonchev–Trinajstić information content (AvgIpc) is 2.15. The van der Waals surface area contributed by atoms with Crippen LogP contribution in [0.25, 0.3) is 0 Å². The molecule has 2 nitrogen and oxygen atoms in total. The van der Waals surface area contributed by atoms with Crippen LogP contribution in [0.5, 0.6) is 0 Å². The van der Waals surface area contributed by atoms with Crippen molar-refractivity contribution in [3.8, 4) is 0 Å². The Kier molecular flexibility index (Phi) is 3.59. The highest BCUT2D eigenvalue weighted by molar-refractivity contribution is 5.85. The van der Waals surface area contributed by atoms with Gasteiger partial charge in [0.2, 0.25) is 0 Å². The summed E-state index contributed by atoms with van der Waals surface area (Å²) >= 11 is 0. The first-order valence-electron chi connectivity index (χ1n) is 5.17. The largest absolute Gasteiger partial charge is 0.418 e. The lowest BCUT2D eigenvalue weighted by Crippen LogP contribution is -2.24. The van der Waals surface area contributed by atoms with Gasteiger partial charge in [0.25, 0.3) is 0 Å². The zero-order chi connectivity index (χ0) is 13.3. The minimum atomic E-state index is -4.47. The van der Waals surface area contributed by atoms with Crippen molar-refractivity contribution < 1.29 is 18.0 Å². The lowest BCUT2D eigenvalue weighted by atomic mass is 9.87. The minimum absolute atomic E-state index is 0.208. The summed E-state index contributed by atoms with van der Waals surface area (Å²) in [6.45, 7) is 5.02. The molecule has 0 saturated heterocycles. The number of Topliss-reactive ketones (excluding diaryl/α,β-unsaturated/α-hetero) is 1. The third-order valence-corrected chi connectivity index (χ3v) is 2.36. The number of carbonyl (C=O) groups is 1. The molecule has 0 unspecified atom stereocenters. The number of nitrogens with zero attached hydrogens (tertiary/aromatic N) is 1. The molecule has 0 bridgehead atoms. The van der Waals surface area contributed by atoms with Gasteiger partial charge >= 0.3 is 6.18 Å². The molecule has 0 spiro atoms. The summed E-state index contributed by atoms with van der Waals surface area (Å²) in [5.41, 5.74) is -1.71. The smallest absolute Gasteiger partial charge is 0.299 e. The Morgan fingerprint density at radius 2 is 1.88 bits per heavy atom. The van der Waals surface area contributed by atoms with E-state index in [9.17, 15) is 18.0 Å². The molecule has 94 valence electrons. The predicted molar refractivity (Wildman–Crippen MR) is 57.4 cm³/mol. The molecule has 1 heterocycles. The first kappa shape index (κ1) is 13.7. The van der Waals surface area contributed by atoms with E-state index in [2.05, 4.69) is 4.98 Å². The van der Waals surface area contributed by atoms with Crippen molar-refractivity contribution >= 4 is 5.78 Å². The topological polar surface area (TPSA) is 30.0 Å². The third-order valence-electron chi connectivity index (χ3n) is 2.36. The molecule has 1 aromatic rings. The Bertz CT molecular complexity index is 418. The highest BCUT2D eigenvalue weighted by atomic mass is 19.4. The van der Waals surface area contributed by atoms with Gasteiger partial charge in [-0.3, -0.25) is 9.78 Å². The van der Waals surface area contributed by atoms with Crippen molar-refractivity contribution in [2.75, 3.05) is 0 Å². The monoisotopic (exact) mass is 245 g/mol. The van der Waals surface area contributed by atoms with Crippen molar-refractivity contribution in [1.82, 2.24) is 4.98 Å². The van der Waals surface area contributed by atoms with Crippen LogP contribution < -0.4 is 0 Å². The number of halogens is 3. The molecule has 1 rings (SSSR count). The number of hydrogen-bond donors (Lipinski definition) is 0. The van der Waals surface area contributed by atoms with Gasteiger partial charge in [0.05, 0.1) is 11.3 Å². The standard InChI is InChI=1S/C12H14F3NO/c1-11(2,3)10(17)7-9-8(12(13,14)15)5-4-6-16-9/h4-6H,7H2,1-3H3. The molecular formula is C12H14F3NO. The maximum atomic E-state index is 12.6. The van der Waals surface area contributed by atoms with Crippen LogP contribution in [0.2, 0.25) is 0 Å². The van der Waals surface area contributed by atoms with Crippen molar-refractivity contribution in [2.24, 2.45) is 5.41 Å². The van der Waals surface area contributed by atoms with Gasteiger partial charge in [-0.1, -0.05) is 20.8 Å². The van der Waals surface area contributed by atoms with Crippen molar-refractivity contribution in [1.29, 1.82) is 0 Å². The molecular weight excluding hydrogens is 231 g/mol. The van der Waals surface area contributed by atoms with Crippen molar-refractivity contribution in [2.45, 2.75) is 33.4 Å². The predicted octanol–water partition coefficient (Wildman–Crippen LogP) is 3.26. The fourth-order valence-corrected chi connectivity index (χ4v) is 1.25. The van der Waals surface area contributed by atoms with Gasteiger partial charge in [-0.25, -0.2) is 0 Å². The number of hydrogen-bond acceptors (Lipinski definition) is 2. The molecule has 17 heavy (non-hydrogen) atoms. The summed E-state index contributed by atoms with van der Waals surface area (Å²) in [6, 6.07) is 2.16. The van der Waals surface area contributed by atoms with Crippen molar-refractivity contribution in [3.63, 3.8) is 0 Å².